The molecule has 2 heterocycles. The van der Waals surface area contributed by atoms with Crippen LogP contribution in [0, 0.1) is 13.8 Å². The smallest absolute Gasteiger partial charge is 0.256 e. The van der Waals surface area contributed by atoms with Gasteiger partial charge in [-0.2, -0.15) is 0 Å². The van der Waals surface area contributed by atoms with Gasteiger partial charge in [-0.3, -0.25) is 9.78 Å². The van der Waals surface area contributed by atoms with Gasteiger partial charge in [-0.15, -0.1) is 0 Å². The van der Waals surface area contributed by atoms with Crippen LogP contribution in [0.15, 0.2) is 48.5 Å². The fourth-order valence-electron chi connectivity index (χ4n) is 3.63. The third-order valence-electron chi connectivity index (χ3n) is 5.15. The first-order valence-electron chi connectivity index (χ1n) is 8.99. The van der Waals surface area contributed by atoms with E-state index in [1.54, 1.807) is 0 Å². The van der Waals surface area contributed by atoms with Gasteiger partial charge in [0.05, 0.1) is 16.8 Å². The molecule has 3 aromatic rings. The molecule has 4 nitrogen and oxygen atoms in total. The number of benzene rings is 2. The van der Waals surface area contributed by atoms with Crippen LogP contribution in [0.2, 0.25) is 0 Å². The molecule has 1 aliphatic rings. The minimum Gasteiger partial charge on any atom is -0.373 e. The number of hydrogen-bond donors (Lipinski definition) is 0. The van der Waals surface area contributed by atoms with Crippen LogP contribution in [0.3, 0.4) is 0 Å². The SMILES string of the molecule is Cc1ccc2cc(C(=O)N3CCN(C)c4ccccc4C3)c(C)nc2c1. The van der Waals surface area contributed by atoms with Crippen LogP contribution >= 0.6 is 0 Å². The summed E-state index contributed by atoms with van der Waals surface area (Å²) in [6, 6.07) is 16.5. The third-order valence-corrected chi connectivity index (χ3v) is 5.15. The molecule has 4 rings (SSSR count). The zero-order chi connectivity index (χ0) is 18.3. The molecule has 0 spiro atoms. The van der Waals surface area contributed by atoms with Gasteiger partial charge in [-0.05, 0) is 43.2 Å². The number of para-hydroxylation sites is 1. The van der Waals surface area contributed by atoms with Crippen molar-refractivity contribution in [1.29, 1.82) is 0 Å². The molecule has 0 saturated carbocycles. The molecule has 0 bridgehead atoms. The molecule has 0 aliphatic carbocycles. The Morgan fingerprint density at radius 1 is 1.04 bits per heavy atom. The number of nitrogens with zero attached hydrogens (tertiary/aromatic N) is 3. The van der Waals surface area contributed by atoms with E-state index in [1.807, 2.05) is 36.1 Å². The Balaban J connectivity index is 1.70. The summed E-state index contributed by atoms with van der Waals surface area (Å²) in [4.78, 5) is 22.1. The lowest BCUT2D eigenvalue weighted by atomic mass is 10.1. The lowest BCUT2D eigenvalue weighted by Crippen LogP contribution is -2.34. The summed E-state index contributed by atoms with van der Waals surface area (Å²) >= 11 is 0. The summed E-state index contributed by atoms with van der Waals surface area (Å²) in [5, 5.41) is 1.01. The number of pyridine rings is 1. The summed E-state index contributed by atoms with van der Waals surface area (Å²) in [6.45, 7) is 6.13. The Labute approximate surface area is 154 Å². The Hall–Kier alpha value is -2.88. The highest BCUT2D eigenvalue weighted by atomic mass is 16.2. The van der Waals surface area contributed by atoms with Crippen LogP contribution in [-0.2, 0) is 6.54 Å². The molecule has 0 atom stereocenters. The summed E-state index contributed by atoms with van der Waals surface area (Å²) in [6.07, 6.45) is 0. The molecule has 0 radical (unpaired) electrons. The zero-order valence-corrected chi connectivity index (χ0v) is 15.5. The number of rotatable bonds is 1. The Morgan fingerprint density at radius 3 is 2.69 bits per heavy atom. The molecule has 1 aliphatic heterocycles. The second kappa shape index (κ2) is 6.45. The molecule has 4 heteroatoms. The summed E-state index contributed by atoms with van der Waals surface area (Å²) < 4.78 is 0. The number of aryl methyl sites for hydroxylation is 2. The maximum Gasteiger partial charge on any atom is 0.256 e. The molecule has 2 aromatic carbocycles. The van der Waals surface area contributed by atoms with Crippen LogP contribution in [0.1, 0.15) is 27.2 Å². The van der Waals surface area contributed by atoms with Crippen molar-refractivity contribution in [3.05, 3.63) is 70.9 Å². The maximum atomic E-state index is 13.3. The molecule has 0 fully saturated rings. The van der Waals surface area contributed by atoms with E-state index in [-0.39, 0.29) is 5.91 Å². The minimum absolute atomic E-state index is 0.0579. The number of carbonyl (C=O) groups excluding carboxylic acids is 1. The van der Waals surface area contributed by atoms with E-state index in [1.165, 1.54) is 16.8 Å². The molecule has 132 valence electrons. The monoisotopic (exact) mass is 345 g/mol. The van der Waals surface area contributed by atoms with E-state index < -0.39 is 0 Å². The van der Waals surface area contributed by atoms with Crippen molar-refractivity contribution in [2.75, 3.05) is 25.0 Å². The van der Waals surface area contributed by atoms with Gasteiger partial charge in [0.15, 0.2) is 0 Å². The zero-order valence-electron chi connectivity index (χ0n) is 15.5. The van der Waals surface area contributed by atoms with Crippen molar-refractivity contribution in [2.45, 2.75) is 20.4 Å². The van der Waals surface area contributed by atoms with E-state index in [2.05, 4.69) is 48.1 Å². The Morgan fingerprint density at radius 2 is 1.85 bits per heavy atom. The highest BCUT2D eigenvalue weighted by Gasteiger charge is 2.23. The van der Waals surface area contributed by atoms with Gasteiger partial charge in [0, 0.05) is 37.8 Å². The van der Waals surface area contributed by atoms with Gasteiger partial charge in [0.1, 0.15) is 0 Å². The highest BCUT2D eigenvalue weighted by molar-refractivity contribution is 5.98. The largest absolute Gasteiger partial charge is 0.373 e. The second-order valence-electron chi connectivity index (χ2n) is 7.09. The standard InChI is InChI=1S/C22H23N3O/c1-15-8-9-17-13-19(16(2)23-20(17)12-15)22(26)25-11-10-24(3)21-7-5-4-6-18(21)14-25/h4-9,12-13H,10-11,14H2,1-3H3. The van der Waals surface area contributed by atoms with Crippen molar-refractivity contribution >= 4 is 22.5 Å². The van der Waals surface area contributed by atoms with E-state index in [0.29, 0.717) is 18.7 Å². The molecule has 0 N–H and O–H groups in total. The molecule has 0 unspecified atom stereocenters. The summed E-state index contributed by atoms with van der Waals surface area (Å²) in [5.41, 5.74) is 5.99. The van der Waals surface area contributed by atoms with E-state index in [9.17, 15) is 4.79 Å². The average molecular weight is 345 g/mol. The quantitative estimate of drug-likeness (QED) is 0.670. The first-order chi connectivity index (χ1) is 12.5. The number of amides is 1. The number of aromatic nitrogens is 1. The van der Waals surface area contributed by atoms with Crippen molar-refractivity contribution in [3.8, 4) is 0 Å². The first-order valence-corrected chi connectivity index (χ1v) is 8.99. The predicted octanol–water partition coefficient (Wildman–Crippen LogP) is 3.94. The molecule has 1 aromatic heterocycles. The number of anilines is 1. The molecular weight excluding hydrogens is 322 g/mol. The van der Waals surface area contributed by atoms with E-state index >= 15 is 0 Å². The Bertz CT molecular complexity index is 996. The van der Waals surface area contributed by atoms with Crippen LogP contribution in [0.25, 0.3) is 10.9 Å². The van der Waals surface area contributed by atoms with Crippen LogP contribution in [0.4, 0.5) is 5.69 Å². The maximum absolute atomic E-state index is 13.3. The van der Waals surface area contributed by atoms with Gasteiger partial charge in [0.25, 0.3) is 5.91 Å². The summed E-state index contributed by atoms with van der Waals surface area (Å²) in [5.74, 6) is 0.0579. The van der Waals surface area contributed by atoms with Gasteiger partial charge in [-0.25, -0.2) is 0 Å². The third kappa shape index (κ3) is 2.92. The van der Waals surface area contributed by atoms with Crippen LogP contribution in [-0.4, -0.2) is 35.9 Å². The van der Waals surface area contributed by atoms with E-state index in [0.717, 1.165) is 23.1 Å². The fourth-order valence-corrected chi connectivity index (χ4v) is 3.63. The fraction of sp³-hybridized carbons (Fsp3) is 0.273. The van der Waals surface area contributed by atoms with Crippen molar-refractivity contribution in [1.82, 2.24) is 9.88 Å². The molecule has 26 heavy (non-hydrogen) atoms. The van der Waals surface area contributed by atoms with E-state index in [4.69, 9.17) is 0 Å². The van der Waals surface area contributed by atoms with Gasteiger partial charge in [-0.1, -0.05) is 30.3 Å². The molecule has 0 saturated heterocycles. The first kappa shape index (κ1) is 16.6. The van der Waals surface area contributed by atoms with Gasteiger partial charge in [0.2, 0.25) is 0 Å². The van der Waals surface area contributed by atoms with Crippen molar-refractivity contribution in [3.63, 3.8) is 0 Å². The van der Waals surface area contributed by atoms with Crippen molar-refractivity contribution < 1.29 is 4.79 Å². The number of fused-ring (bicyclic) bond motifs is 2. The molecule has 1 amide bonds. The number of likely N-dealkylation sites (N-methyl/N-ethyl adjacent to an activating group) is 1. The molecular formula is C22H23N3O. The topological polar surface area (TPSA) is 36.4 Å². The summed E-state index contributed by atoms with van der Waals surface area (Å²) in [7, 11) is 2.08. The number of carbonyl (C=O) groups is 1. The number of hydrogen-bond acceptors (Lipinski definition) is 3. The Kier molecular flexibility index (Phi) is 4.11. The van der Waals surface area contributed by atoms with Crippen LogP contribution < -0.4 is 4.90 Å². The second-order valence-corrected chi connectivity index (χ2v) is 7.09. The average Bonchev–Trinajstić information content (AvgIpc) is 2.80. The van der Waals surface area contributed by atoms with Crippen LogP contribution in [0.5, 0.6) is 0 Å². The lowest BCUT2D eigenvalue weighted by Gasteiger charge is -2.22. The minimum atomic E-state index is 0.0579. The van der Waals surface area contributed by atoms with Gasteiger partial charge >= 0.3 is 0 Å². The highest BCUT2D eigenvalue weighted by Crippen LogP contribution is 2.26. The van der Waals surface area contributed by atoms with Crippen molar-refractivity contribution in [2.24, 2.45) is 0 Å². The predicted molar refractivity (Wildman–Crippen MR) is 106 cm³/mol. The van der Waals surface area contributed by atoms with Gasteiger partial charge < -0.3 is 9.80 Å². The normalized spacial score (nSPS) is 14.3. The lowest BCUT2D eigenvalue weighted by molar-refractivity contribution is 0.0750.